The highest BCUT2D eigenvalue weighted by Crippen LogP contribution is 2.27. The van der Waals surface area contributed by atoms with Gasteiger partial charge in [0.25, 0.3) is 0 Å². The van der Waals surface area contributed by atoms with Gasteiger partial charge in [0.1, 0.15) is 0 Å². The van der Waals surface area contributed by atoms with E-state index in [1.807, 2.05) is 6.07 Å². The number of halogens is 1. The van der Waals surface area contributed by atoms with Crippen LogP contribution in [-0.4, -0.2) is 11.0 Å². The molecule has 0 aliphatic heterocycles. The molecule has 1 N–H and O–H groups in total. The van der Waals surface area contributed by atoms with Gasteiger partial charge in [-0.2, -0.15) is 0 Å². The Hall–Kier alpha value is -0.600. The molecule has 0 aromatic carbocycles. The van der Waals surface area contributed by atoms with Gasteiger partial charge in [0, 0.05) is 25.0 Å². The van der Waals surface area contributed by atoms with Crippen molar-refractivity contribution in [2.24, 2.45) is 5.92 Å². The lowest BCUT2D eigenvalue weighted by molar-refractivity contribution is 0.380. The van der Waals surface area contributed by atoms with Crippen molar-refractivity contribution in [1.82, 2.24) is 10.3 Å². The van der Waals surface area contributed by atoms with E-state index in [-0.39, 0.29) is 0 Å². The molecule has 2 nitrogen and oxygen atoms in total. The summed E-state index contributed by atoms with van der Waals surface area (Å²) in [5, 5.41) is 4.33. The molecule has 1 aromatic rings. The Morgan fingerprint density at radius 2 is 2.25 bits per heavy atom. The summed E-state index contributed by atoms with van der Waals surface area (Å²) in [4.78, 5) is 3.99. The number of nitrogens with zero attached hydrogens (tertiary/aromatic N) is 1. The highest BCUT2D eigenvalue weighted by atomic mass is 35.5. The molecule has 1 heterocycles. The molecule has 1 fully saturated rings. The largest absolute Gasteiger partial charge is 0.310 e. The smallest absolute Gasteiger partial charge is 0.0634 e. The molecule has 0 unspecified atom stereocenters. The summed E-state index contributed by atoms with van der Waals surface area (Å²) in [6, 6.07) is 2.57. The van der Waals surface area contributed by atoms with Gasteiger partial charge in [0.05, 0.1) is 5.02 Å². The van der Waals surface area contributed by atoms with Crippen molar-refractivity contribution in [3.63, 3.8) is 0 Å². The minimum atomic E-state index is 0.590. The van der Waals surface area contributed by atoms with Crippen LogP contribution < -0.4 is 5.32 Å². The van der Waals surface area contributed by atoms with Gasteiger partial charge in [-0.1, -0.05) is 24.4 Å². The predicted octanol–water partition coefficient (Wildman–Crippen LogP) is 3.40. The molecule has 1 aromatic heterocycles. The van der Waals surface area contributed by atoms with Crippen molar-refractivity contribution in [2.75, 3.05) is 0 Å². The number of nitrogens with one attached hydrogen (secondary N) is 1. The molecule has 1 aliphatic rings. The van der Waals surface area contributed by atoms with Gasteiger partial charge in [0.15, 0.2) is 0 Å². The third-order valence-corrected chi connectivity index (χ3v) is 3.92. The summed E-state index contributed by atoms with van der Waals surface area (Å²) < 4.78 is 0. The lowest BCUT2D eigenvalue weighted by Crippen LogP contribution is -2.31. The third-order valence-electron chi connectivity index (χ3n) is 3.58. The number of hydrogen-bond donors (Lipinski definition) is 1. The molecular formula is C13H19ClN2. The monoisotopic (exact) mass is 238 g/mol. The van der Waals surface area contributed by atoms with Gasteiger partial charge < -0.3 is 5.32 Å². The molecule has 1 saturated carbocycles. The first-order valence-corrected chi connectivity index (χ1v) is 6.47. The van der Waals surface area contributed by atoms with Gasteiger partial charge in [-0.15, -0.1) is 0 Å². The Balaban J connectivity index is 1.84. The van der Waals surface area contributed by atoms with Crippen molar-refractivity contribution in [1.29, 1.82) is 0 Å². The Labute approximate surface area is 102 Å². The molecule has 3 heteroatoms. The van der Waals surface area contributed by atoms with Crippen LogP contribution in [0.15, 0.2) is 18.5 Å². The first-order valence-electron chi connectivity index (χ1n) is 6.09. The molecule has 1 atom stereocenters. The summed E-state index contributed by atoms with van der Waals surface area (Å²) in [7, 11) is 0. The molecule has 16 heavy (non-hydrogen) atoms. The number of hydrogen-bond acceptors (Lipinski definition) is 2. The summed E-state index contributed by atoms with van der Waals surface area (Å²) in [6.45, 7) is 3.13. The van der Waals surface area contributed by atoms with E-state index in [1.54, 1.807) is 12.4 Å². The Morgan fingerprint density at radius 1 is 1.50 bits per heavy atom. The van der Waals surface area contributed by atoms with E-state index >= 15 is 0 Å². The summed E-state index contributed by atoms with van der Waals surface area (Å²) in [5.41, 5.74) is 1.14. The average Bonchev–Trinajstić information content (AvgIpc) is 2.81. The Kier molecular flexibility index (Phi) is 4.19. The zero-order valence-corrected chi connectivity index (χ0v) is 10.5. The molecule has 88 valence electrons. The highest BCUT2D eigenvalue weighted by molar-refractivity contribution is 6.31. The van der Waals surface area contributed by atoms with Gasteiger partial charge in [-0.05, 0) is 37.3 Å². The first-order chi connectivity index (χ1) is 7.77. The van der Waals surface area contributed by atoms with E-state index in [4.69, 9.17) is 11.6 Å². The second kappa shape index (κ2) is 5.65. The summed E-state index contributed by atoms with van der Waals surface area (Å²) in [5.74, 6) is 0.848. The van der Waals surface area contributed by atoms with E-state index in [1.165, 1.54) is 25.7 Å². The van der Waals surface area contributed by atoms with Crippen molar-refractivity contribution in [3.8, 4) is 0 Å². The van der Waals surface area contributed by atoms with Crippen LogP contribution in [0, 0.1) is 5.92 Å². The van der Waals surface area contributed by atoms with Crippen molar-refractivity contribution in [3.05, 3.63) is 29.0 Å². The molecule has 1 aliphatic carbocycles. The minimum absolute atomic E-state index is 0.590. The topological polar surface area (TPSA) is 24.9 Å². The van der Waals surface area contributed by atoms with Gasteiger partial charge in [0.2, 0.25) is 0 Å². The van der Waals surface area contributed by atoms with E-state index in [9.17, 15) is 0 Å². The fraction of sp³-hybridized carbons (Fsp3) is 0.615. The van der Waals surface area contributed by atoms with Crippen LogP contribution in [0.4, 0.5) is 0 Å². The summed E-state index contributed by atoms with van der Waals surface area (Å²) >= 11 is 6.06. The van der Waals surface area contributed by atoms with Crippen molar-refractivity contribution >= 4 is 11.6 Å². The van der Waals surface area contributed by atoms with Gasteiger partial charge in [-0.25, -0.2) is 0 Å². The van der Waals surface area contributed by atoms with E-state index in [0.29, 0.717) is 6.04 Å². The zero-order chi connectivity index (χ0) is 11.4. The van der Waals surface area contributed by atoms with Crippen molar-refractivity contribution < 1.29 is 0 Å². The van der Waals surface area contributed by atoms with Crippen LogP contribution in [0.3, 0.4) is 0 Å². The van der Waals surface area contributed by atoms with Crippen LogP contribution in [0.5, 0.6) is 0 Å². The molecule has 0 saturated heterocycles. The maximum absolute atomic E-state index is 6.06. The van der Waals surface area contributed by atoms with E-state index in [2.05, 4.69) is 17.2 Å². The lowest BCUT2D eigenvalue weighted by Gasteiger charge is -2.20. The van der Waals surface area contributed by atoms with Crippen LogP contribution in [0.2, 0.25) is 5.02 Å². The lowest BCUT2D eigenvalue weighted by atomic mass is 10.00. The average molecular weight is 239 g/mol. The maximum atomic E-state index is 6.06. The van der Waals surface area contributed by atoms with Crippen molar-refractivity contribution in [2.45, 2.75) is 45.2 Å². The quantitative estimate of drug-likeness (QED) is 0.870. The van der Waals surface area contributed by atoms with Crippen LogP contribution >= 0.6 is 11.6 Å². The van der Waals surface area contributed by atoms with Gasteiger partial charge >= 0.3 is 0 Å². The molecule has 2 rings (SSSR count). The highest BCUT2D eigenvalue weighted by Gasteiger charge is 2.20. The third kappa shape index (κ3) is 2.96. The number of rotatable bonds is 4. The molecule has 0 spiro atoms. The molecular weight excluding hydrogens is 220 g/mol. The summed E-state index contributed by atoms with van der Waals surface area (Å²) in [6.07, 6.45) is 9.04. The van der Waals surface area contributed by atoms with Gasteiger partial charge in [-0.3, -0.25) is 4.98 Å². The first kappa shape index (κ1) is 11.9. The number of aromatic nitrogens is 1. The standard InChI is InChI=1S/C13H19ClN2/c1-10(11-4-2-3-5-11)16-8-12-6-7-15-9-13(12)14/h6-7,9-11,16H,2-5,8H2,1H3/t10-/m0/s1. The van der Waals surface area contributed by atoms with Crippen LogP contribution in [0.25, 0.3) is 0 Å². The Bertz CT molecular complexity index is 334. The molecule has 0 amide bonds. The second-order valence-corrected chi connectivity index (χ2v) is 5.09. The van der Waals surface area contributed by atoms with Crippen LogP contribution in [-0.2, 0) is 6.54 Å². The second-order valence-electron chi connectivity index (χ2n) is 4.68. The number of pyridine rings is 1. The molecule has 0 bridgehead atoms. The fourth-order valence-electron chi connectivity index (χ4n) is 2.44. The normalized spacial score (nSPS) is 18.9. The molecule has 0 radical (unpaired) electrons. The SMILES string of the molecule is C[C@H](NCc1ccncc1Cl)C1CCCC1. The van der Waals surface area contributed by atoms with E-state index in [0.717, 1.165) is 23.0 Å². The predicted molar refractivity (Wildman–Crippen MR) is 67.5 cm³/mol. The van der Waals surface area contributed by atoms with E-state index < -0.39 is 0 Å². The zero-order valence-electron chi connectivity index (χ0n) is 9.75. The fourth-order valence-corrected chi connectivity index (χ4v) is 2.63. The van der Waals surface area contributed by atoms with Crippen LogP contribution in [0.1, 0.15) is 38.2 Å². The minimum Gasteiger partial charge on any atom is -0.310 e. The Morgan fingerprint density at radius 3 is 2.94 bits per heavy atom. The maximum Gasteiger partial charge on any atom is 0.0634 e.